The first kappa shape index (κ1) is 37.0. The fraction of sp³-hybridized carbons (Fsp3) is 0. The molecule has 14 nitrogen and oxygen atoms in total. The first-order valence-corrected chi connectivity index (χ1v) is 15.2. The van der Waals surface area contributed by atoms with Gasteiger partial charge in [0.1, 0.15) is 32.1 Å². The van der Waals surface area contributed by atoms with Gasteiger partial charge in [0.05, 0.1) is 27.6 Å². The number of rotatable bonds is 8. The Bertz CT molecular complexity index is 2200. The van der Waals surface area contributed by atoms with Gasteiger partial charge in [-0.05, 0) is 83.6 Å². The summed E-state index contributed by atoms with van der Waals surface area (Å²) in [7, 11) is -9.92. The molecule has 0 aliphatic heterocycles. The molecule has 46 heavy (non-hydrogen) atoms. The van der Waals surface area contributed by atoms with Gasteiger partial charge in [-0.3, -0.25) is 4.55 Å². The van der Waals surface area contributed by atoms with E-state index in [9.17, 15) is 31.0 Å². The molecule has 0 atom stereocenters. The molecule has 0 heterocycles. The Hall–Kier alpha value is -3.42. The van der Waals surface area contributed by atoms with Crippen LogP contribution in [0.3, 0.4) is 0 Å². The molecular weight excluding hydrogens is 656 g/mol. The summed E-state index contributed by atoms with van der Waals surface area (Å²) in [5.41, 5.74) is 6.78. The maximum Gasteiger partial charge on any atom is 1.00 e. The van der Waals surface area contributed by atoms with Gasteiger partial charge in [-0.15, -0.1) is 21.1 Å². The fourth-order valence-electron chi connectivity index (χ4n) is 3.87. The second-order valence-corrected chi connectivity index (χ2v) is 11.8. The molecular formula is C28H19N7Na2O7S2. The van der Waals surface area contributed by atoms with Gasteiger partial charge < -0.3 is 15.4 Å². The molecule has 0 unspecified atom stereocenters. The van der Waals surface area contributed by atoms with Crippen molar-refractivity contribution in [1.29, 1.82) is 0 Å². The van der Waals surface area contributed by atoms with Gasteiger partial charge >= 0.3 is 59.1 Å². The van der Waals surface area contributed by atoms with E-state index >= 15 is 0 Å². The molecule has 0 radical (unpaired) electrons. The van der Waals surface area contributed by atoms with Gasteiger partial charge in [-0.2, -0.15) is 23.8 Å². The van der Waals surface area contributed by atoms with Crippen molar-refractivity contribution in [3.05, 3.63) is 97.1 Å². The molecule has 3 N–H and O–H groups in total. The predicted octanol–water partition coefficient (Wildman–Crippen LogP) is 0.901. The Labute approximate surface area is 307 Å². The zero-order valence-corrected chi connectivity index (χ0v) is 29.8. The number of benzene rings is 5. The topological polar surface area (TPSA) is 235 Å². The first-order chi connectivity index (χ1) is 20.9. The minimum Gasteiger partial charge on any atom is -0.872 e. The number of nitrogens with two attached hydrogens (primary N) is 1. The van der Waals surface area contributed by atoms with Crippen LogP contribution < -0.4 is 70.0 Å². The van der Waals surface area contributed by atoms with Gasteiger partial charge in [0, 0.05) is 0 Å². The van der Waals surface area contributed by atoms with Crippen molar-refractivity contribution >= 4 is 70.8 Å². The number of nitrogen functional groups attached to an aromatic ring is 1. The molecule has 5 rings (SSSR count). The van der Waals surface area contributed by atoms with E-state index in [1.807, 2.05) is 0 Å². The normalized spacial score (nSPS) is 12.0. The SMILES string of the molecule is Nc1ccc([O-])cc1N=Nc1ccc(N=Nc2cc3cc(N=Nc4ccccc4)c(S(=O)(=O)[O-])cc3cc2S(=O)(=O)O)cc1.[Na+].[Na+]. The standard InChI is InChI=1S/C28H21N7O7S2.2Na/c29-23-11-10-22(36)16-24(23)33-31-20-6-8-21(9-7-20)32-35-26-13-17-12-25(34-30-19-4-2-1-3-5-19)27(43(37,38)39)14-18(17)15-28(26)44(40,41)42;;/h1-16,36H,29H2,(H,37,38,39)(H,40,41,42);;/q;2*+1/p-2. The summed E-state index contributed by atoms with van der Waals surface area (Å²) in [4.78, 5) is -1.41. The maximum absolute atomic E-state index is 12.2. The van der Waals surface area contributed by atoms with Crippen LogP contribution in [-0.2, 0) is 20.2 Å². The summed E-state index contributed by atoms with van der Waals surface area (Å²) in [5, 5.41) is 35.6. The van der Waals surface area contributed by atoms with Crippen molar-refractivity contribution in [2.45, 2.75) is 9.79 Å². The Morgan fingerprint density at radius 2 is 1.02 bits per heavy atom. The quantitative estimate of drug-likeness (QED) is 0.103. The molecule has 0 spiro atoms. The molecule has 0 bridgehead atoms. The van der Waals surface area contributed by atoms with E-state index in [0.29, 0.717) is 11.4 Å². The van der Waals surface area contributed by atoms with Gasteiger partial charge in [-0.1, -0.05) is 24.3 Å². The van der Waals surface area contributed by atoms with Gasteiger partial charge in [-0.25, -0.2) is 8.42 Å². The van der Waals surface area contributed by atoms with E-state index in [1.54, 1.807) is 30.3 Å². The van der Waals surface area contributed by atoms with Crippen LogP contribution in [-0.4, -0.2) is 25.9 Å². The van der Waals surface area contributed by atoms with Crippen LogP contribution in [0.25, 0.3) is 10.8 Å². The molecule has 5 aromatic rings. The van der Waals surface area contributed by atoms with Crippen molar-refractivity contribution in [2.75, 3.05) is 5.73 Å². The number of fused-ring (bicyclic) bond motifs is 1. The van der Waals surface area contributed by atoms with E-state index in [1.165, 1.54) is 54.6 Å². The largest absolute Gasteiger partial charge is 1.00 e. The third-order valence-electron chi connectivity index (χ3n) is 5.97. The minimum absolute atomic E-state index is 0. The summed E-state index contributed by atoms with van der Waals surface area (Å²) in [6, 6.07) is 22.8. The summed E-state index contributed by atoms with van der Waals surface area (Å²) in [6.45, 7) is 0. The third-order valence-corrected chi connectivity index (χ3v) is 7.72. The third kappa shape index (κ3) is 9.32. The van der Waals surface area contributed by atoms with Crippen LogP contribution in [0.4, 0.5) is 39.8 Å². The second-order valence-electron chi connectivity index (χ2n) is 9.09. The van der Waals surface area contributed by atoms with E-state index in [-0.39, 0.29) is 104 Å². The molecule has 0 fully saturated rings. The van der Waals surface area contributed by atoms with Crippen LogP contribution in [0.15, 0.2) is 138 Å². The van der Waals surface area contributed by atoms with Crippen molar-refractivity contribution in [1.82, 2.24) is 0 Å². The van der Waals surface area contributed by atoms with E-state index < -0.39 is 30.0 Å². The van der Waals surface area contributed by atoms with Gasteiger partial charge in [0.25, 0.3) is 10.1 Å². The van der Waals surface area contributed by atoms with Crippen LogP contribution in [0.1, 0.15) is 0 Å². The summed E-state index contributed by atoms with van der Waals surface area (Å²) >= 11 is 0. The molecule has 0 saturated heterocycles. The van der Waals surface area contributed by atoms with Crippen LogP contribution >= 0.6 is 0 Å². The Balaban J connectivity index is 0.00000288. The second kappa shape index (κ2) is 15.4. The molecule has 0 amide bonds. The molecule has 0 saturated carbocycles. The van der Waals surface area contributed by atoms with Gasteiger partial charge in [0.15, 0.2) is 0 Å². The van der Waals surface area contributed by atoms with Crippen molar-refractivity contribution in [2.24, 2.45) is 30.7 Å². The number of hydrogen-bond donors (Lipinski definition) is 2. The molecule has 5 aromatic carbocycles. The molecule has 222 valence electrons. The van der Waals surface area contributed by atoms with E-state index in [2.05, 4.69) is 30.7 Å². The van der Waals surface area contributed by atoms with E-state index in [4.69, 9.17) is 5.73 Å². The number of azo groups is 3. The summed E-state index contributed by atoms with van der Waals surface area (Å²) < 4.78 is 70.2. The molecule has 18 heteroatoms. The summed E-state index contributed by atoms with van der Waals surface area (Å²) in [5.74, 6) is -0.273. The first-order valence-electron chi connectivity index (χ1n) is 12.4. The Morgan fingerprint density at radius 1 is 0.565 bits per heavy atom. The Kier molecular flexibility index (Phi) is 12.4. The number of anilines is 1. The Morgan fingerprint density at radius 3 is 1.54 bits per heavy atom. The van der Waals surface area contributed by atoms with Crippen molar-refractivity contribution in [3.63, 3.8) is 0 Å². The smallest absolute Gasteiger partial charge is 0.872 e. The molecule has 0 aliphatic carbocycles. The average molecular weight is 676 g/mol. The molecule has 0 aliphatic rings. The number of nitrogens with zero attached hydrogens (tertiary/aromatic N) is 6. The minimum atomic E-state index is -5.05. The van der Waals surface area contributed by atoms with Crippen LogP contribution in [0.5, 0.6) is 5.75 Å². The predicted molar refractivity (Wildman–Crippen MR) is 157 cm³/mol. The monoisotopic (exact) mass is 675 g/mol. The zero-order valence-electron chi connectivity index (χ0n) is 24.2. The number of hydrogen-bond acceptors (Lipinski definition) is 13. The average Bonchev–Trinajstić information content (AvgIpc) is 2.98. The van der Waals surface area contributed by atoms with Crippen molar-refractivity contribution in [3.8, 4) is 5.75 Å². The van der Waals surface area contributed by atoms with Gasteiger partial charge in [0.2, 0.25) is 0 Å². The maximum atomic E-state index is 12.2. The summed E-state index contributed by atoms with van der Waals surface area (Å²) in [6.07, 6.45) is 0. The van der Waals surface area contributed by atoms with Crippen LogP contribution in [0, 0.1) is 0 Å². The molecule has 0 aromatic heterocycles. The van der Waals surface area contributed by atoms with Crippen LogP contribution in [0.2, 0.25) is 0 Å². The van der Waals surface area contributed by atoms with E-state index in [0.717, 1.165) is 12.1 Å². The fourth-order valence-corrected chi connectivity index (χ4v) is 5.14. The zero-order chi connectivity index (χ0) is 31.5. The van der Waals surface area contributed by atoms with Crippen molar-refractivity contribution < 1.29 is 90.2 Å².